The fourth-order valence-corrected chi connectivity index (χ4v) is 1.47. The number of hydrogen-bond donors (Lipinski definition) is 1. The molecule has 1 aromatic carbocycles. The van der Waals surface area contributed by atoms with E-state index in [0.29, 0.717) is 28.8 Å². The molecule has 1 rings (SSSR count). The van der Waals surface area contributed by atoms with Crippen LogP contribution in [0.25, 0.3) is 0 Å². The predicted octanol–water partition coefficient (Wildman–Crippen LogP) is 3.39. The molecule has 0 atom stereocenters. The minimum absolute atomic E-state index is 0.165. The normalized spacial score (nSPS) is 9.80. The van der Waals surface area contributed by atoms with Gasteiger partial charge in [-0.2, -0.15) is 0 Å². The van der Waals surface area contributed by atoms with E-state index in [1.54, 1.807) is 18.2 Å². The average molecular weight is 248 g/mol. The number of benzene rings is 1. The van der Waals surface area contributed by atoms with Gasteiger partial charge in [-0.25, -0.2) is 0 Å². The molecule has 0 radical (unpaired) electrons. The van der Waals surface area contributed by atoms with Crippen LogP contribution in [0.1, 0.15) is 6.42 Å². The summed E-state index contributed by atoms with van der Waals surface area (Å²) >= 11 is 11.8. The van der Waals surface area contributed by atoms with E-state index in [4.69, 9.17) is 33.3 Å². The van der Waals surface area contributed by atoms with Crippen LogP contribution in [0, 0.1) is 5.41 Å². The Labute approximate surface area is 98.4 Å². The van der Waals surface area contributed by atoms with E-state index in [1.165, 1.54) is 7.11 Å². The number of nitrogens with one attached hydrogen (secondary N) is 1. The van der Waals surface area contributed by atoms with E-state index in [2.05, 4.69) is 4.74 Å². The molecule has 0 amide bonds. The number of hydrogen-bond acceptors (Lipinski definition) is 3. The van der Waals surface area contributed by atoms with Gasteiger partial charge in [-0.1, -0.05) is 29.3 Å². The Kier molecular flexibility index (Phi) is 4.72. The first kappa shape index (κ1) is 12.1. The van der Waals surface area contributed by atoms with Gasteiger partial charge in [0.05, 0.1) is 30.2 Å². The van der Waals surface area contributed by atoms with Gasteiger partial charge in [0.2, 0.25) is 0 Å². The zero-order valence-corrected chi connectivity index (χ0v) is 9.73. The lowest BCUT2D eigenvalue weighted by atomic mass is 10.3. The molecule has 5 heteroatoms. The third-order valence-corrected chi connectivity index (χ3v) is 2.34. The van der Waals surface area contributed by atoms with Crippen LogP contribution >= 0.6 is 23.2 Å². The quantitative estimate of drug-likeness (QED) is 0.655. The zero-order valence-electron chi connectivity index (χ0n) is 8.22. The van der Waals surface area contributed by atoms with Crippen LogP contribution in [0.3, 0.4) is 0 Å². The van der Waals surface area contributed by atoms with Gasteiger partial charge in [0.15, 0.2) is 11.6 Å². The van der Waals surface area contributed by atoms with Crippen molar-refractivity contribution in [3.63, 3.8) is 0 Å². The van der Waals surface area contributed by atoms with Gasteiger partial charge in [0.25, 0.3) is 0 Å². The lowest BCUT2D eigenvalue weighted by Crippen LogP contribution is -2.07. The number of rotatable bonds is 4. The molecule has 0 heterocycles. The number of methoxy groups -OCH3 is 1. The van der Waals surface area contributed by atoms with E-state index >= 15 is 0 Å². The predicted molar refractivity (Wildman–Crippen MR) is 61.3 cm³/mol. The second-order valence-electron chi connectivity index (χ2n) is 2.78. The molecule has 82 valence electrons. The van der Waals surface area contributed by atoms with Crippen molar-refractivity contribution in [2.75, 3.05) is 13.7 Å². The molecule has 0 aliphatic heterocycles. The van der Waals surface area contributed by atoms with Gasteiger partial charge in [-0.3, -0.25) is 5.41 Å². The van der Waals surface area contributed by atoms with Crippen molar-refractivity contribution in [3.8, 4) is 5.75 Å². The maximum Gasteiger partial charge on any atom is 0.183 e. The molecular weight excluding hydrogens is 237 g/mol. The van der Waals surface area contributed by atoms with Gasteiger partial charge in [-0.05, 0) is 12.1 Å². The van der Waals surface area contributed by atoms with Crippen LogP contribution in [0.5, 0.6) is 5.75 Å². The van der Waals surface area contributed by atoms with Crippen LogP contribution in [-0.2, 0) is 4.74 Å². The zero-order chi connectivity index (χ0) is 11.3. The molecule has 0 bridgehead atoms. The minimum Gasteiger partial charge on any atom is -0.490 e. The summed E-state index contributed by atoms with van der Waals surface area (Å²) in [6.45, 7) is 0.316. The van der Waals surface area contributed by atoms with E-state index in [0.717, 1.165) is 0 Å². The van der Waals surface area contributed by atoms with Crippen molar-refractivity contribution in [1.29, 1.82) is 5.41 Å². The maximum atomic E-state index is 7.24. The third kappa shape index (κ3) is 3.61. The van der Waals surface area contributed by atoms with Crippen molar-refractivity contribution in [3.05, 3.63) is 28.2 Å². The number of halogens is 2. The largest absolute Gasteiger partial charge is 0.490 e. The van der Waals surface area contributed by atoms with Crippen LogP contribution in [0.15, 0.2) is 18.2 Å². The first-order chi connectivity index (χ1) is 7.15. The van der Waals surface area contributed by atoms with Crippen molar-refractivity contribution < 1.29 is 9.47 Å². The Bertz CT molecular complexity index is 335. The van der Waals surface area contributed by atoms with Crippen molar-refractivity contribution in [2.45, 2.75) is 6.42 Å². The smallest absolute Gasteiger partial charge is 0.183 e. The first-order valence-electron chi connectivity index (χ1n) is 4.33. The standard InChI is InChI=1S/C10H11Cl2NO2/c1-14-9(13)5-6-15-10-7(11)3-2-4-8(10)12/h2-4,13H,5-6H2,1H3. The molecule has 0 aliphatic rings. The van der Waals surface area contributed by atoms with Crippen molar-refractivity contribution in [1.82, 2.24) is 0 Å². The molecular formula is C10H11Cl2NO2. The highest BCUT2D eigenvalue weighted by Gasteiger charge is 2.06. The van der Waals surface area contributed by atoms with Crippen LogP contribution < -0.4 is 4.74 Å². The van der Waals surface area contributed by atoms with Crippen LogP contribution in [-0.4, -0.2) is 19.6 Å². The molecule has 0 saturated heterocycles. The Balaban J connectivity index is 2.54. The molecule has 1 N–H and O–H groups in total. The Morgan fingerprint density at radius 1 is 1.33 bits per heavy atom. The van der Waals surface area contributed by atoms with Gasteiger partial charge >= 0.3 is 0 Å². The Morgan fingerprint density at radius 2 is 1.93 bits per heavy atom. The summed E-state index contributed by atoms with van der Waals surface area (Å²) in [5.74, 6) is 0.614. The Hall–Kier alpha value is -0.930. The number of para-hydroxylation sites is 1. The minimum atomic E-state index is 0.165. The first-order valence-corrected chi connectivity index (χ1v) is 5.09. The van der Waals surface area contributed by atoms with E-state index in [-0.39, 0.29) is 5.90 Å². The maximum absolute atomic E-state index is 7.24. The lowest BCUT2D eigenvalue weighted by Gasteiger charge is -2.09. The highest BCUT2D eigenvalue weighted by atomic mass is 35.5. The summed E-state index contributed by atoms with van der Waals surface area (Å²) in [5, 5.41) is 8.17. The summed E-state index contributed by atoms with van der Waals surface area (Å²) in [5.41, 5.74) is 0. The molecule has 0 unspecified atom stereocenters. The van der Waals surface area contributed by atoms with E-state index in [1.807, 2.05) is 0 Å². The molecule has 15 heavy (non-hydrogen) atoms. The number of ether oxygens (including phenoxy) is 2. The average Bonchev–Trinajstić information content (AvgIpc) is 2.22. The molecule has 0 fully saturated rings. The summed E-state index contributed by atoms with van der Waals surface area (Å²) < 4.78 is 10.0. The fourth-order valence-electron chi connectivity index (χ4n) is 0.968. The molecule has 0 spiro atoms. The molecule has 3 nitrogen and oxygen atoms in total. The van der Waals surface area contributed by atoms with E-state index < -0.39 is 0 Å². The van der Waals surface area contributed by atoms with Gasteiger partial charge in [0.1, 0.15) is 0 Å². The van der Waals surface area contributed by atoms with Crippen molar-refractivity contribution >= 4 is 29.1 Å². The summed E-state index contributed by atoms with van der Waals surface area (Å²) in [7, 11) is 1.45. The second kappa shape index (κ2) is 5.83. The summed E-state index contributed by atoms with van der Waals surface area (Å²) in [4.78, 5) is 0. The van der Waals surface area contributed by atoms with Crippen molar-refractivity contribution in [2.24, 2.45) is 0 Å². The Morgan fingerprint density at radius 3 is 2.47 bits per heavy atom. The topological polar surface area (TPSA) is 42.3 Å². The highest BCUT2D eigenvalue weighted by molar-refractivity contribution is 6.37. The van der Waals surface area contributed by atoms with Crippen LogP contribution in [0.4, 0.5) is 0 Å². The molecule has 0 saturated carbocycles. The molecule has 1 aromatic rings. The van der Waals surface area contributed by atoms with Gasteiger partial charge in [0, 0.05) is 0 Å². The van der Waals surface area contributed by atoms with Gasteiger partial charge < -0.3 is 9.47 Å². The molecule has 0 aromatic heterocycles. The SMILES string of the molecule is COC(=N)CCOc1c(Cl)cccc1Cl. The molecule has 0 aliphatic carbocycles. The van der Waals surface area contributed by atoms with E-state index in [9.17, 15) is 0 Å². The highest BCUT2D eigenvalue weighted by Crippen LogP contribution is 2.32. The summed E-state index contributed by atoms with van der Waals surface area (Å²) in [6.07, 6.45) is 0.387. The van der Waals surface area contributed by atoms with Gasteiger partial charge in [-0.15, -0.1) is 0 Å². The lowest BCUT2D eigenvalue weighted by molar-refractivity contribution is 0.307. The fraction of sp³-hybridized carbons (Fsp3) is 0.300. The third-order valence-electron chi connectivity index (χ3n) is 1.74. The van der Waals surface area contributed by atoms with Crippen LogP contribution in [0.2, 0.25) is 10.0 Å². The second-order valence-corrected chi connectivity index (χ2v) is 3.59. The summed E-state index contributed by atoms with van der Waals surface area (Å²) in [6, 6.07) is 5.14. The monoisotopic (exact) mass is 247 g/mol.